The van der Waals surface area contributed by atoms with Gasteiger partial charge in [-0.25, -0.2) is 0 Å². The molecule has 4 N–H and O–H groups in total. The predicted molar refractivity (Wildman–Crippen MR) is 121 cm³/mol. The summed E-state index contributed by atoms with van der Waals surface area (Å²) < 4.78 is 5.50. The van der Waals surface area contributed by atoms with Gasteiger partial charge in [-0.1, -0.05) is 12.1 Å². The van der Waals surface area contributed by atoms with E-state index in [-0.39, 0.29) is 11.8 Å². The molecule has 2 heterocycles. The Hall–Kier alpha value is -2.48. The Labute approximate surface area is 179 Å². The van der Waals surface area contributed by atoms with Crippen LogP contribution >= 0.6 is 0 Å². The lowest BCUT2D eigenvalue weighted by Crippen LogP contribution is -2.46. The molecular weight excluding hydrogens is 380 g/mol. The van der Waals surface area contributed by atoms with Crippen molar-refractivity contribution >= 4 is 17.6 Å². The summed E-state index contributed by atoms with van der Waals surface area (Å²) in [6, 6.07) is 8.51. The zero-order valence-electron chi connectivity index (χ0n) is 18.3. The van der Waals surface area contributed by atoms with E-state index in [4.69, 9.17) is 10.5 Å². The maximum atomic E-state index is 11.4. The number of rotatable bonds is 8. The molecule has 8 heteroatoms. The highest BCUT2D eigenvalue weighted by Crippen LogP contribution is 2.30. The van der Waals surface area contributed by atoms with E-state index in [1.807, 2.05) is 25.2 Å². The number of anilines is 1. The number of benzene rings is 1. The van der Waals surface area contributed by atoms with E-state index in [0.717, 1.165) is 82.3 Å². The molecule has 0 radical (unpaired) electrons. The van der Waals surface area contributed by atoms with E-state index < -0.39 is 0 Å². The number of methoxy groups -OCH3 is 1. The van der Waals surface area contributed by atoms with Crippen LogP contribution in [-0.4, -0.2) is 76.2 Å². The average molecular weight is 417 g/mol. The number of guanidine groups is 1. The number of hydrogen-bond donors (Lipinski definition) is 3. The van der Waals surface area contributed by atoms with Gasteiger partial charge in [0.15, 0.2) is 5.96 Å². The summed E-state index contributed by atoms with van der Waals surface area (Å²) in [6.07, 6.45) is 4.04. The first kappa shape index (κ1) is 22.2. The number of carbonyl (C=O) groups is 1. The second-order valence-electron chi connectivity index (χ2n) is 8.14. The fraction of sp³-hybridized carbons (Fsp3) is 0.636. The van der Waals surface area contributed by atoms with Crippen molar-refractivity contribution in [3.63, 3.8) is 0 Å². The fourth-order valence-corrected chi connectivity index (χ4v) is 4.38. The topological polar surface area (TPSA) is 95.2 Å². The van der Waals surface area contributed by atoms with Crippen LogP contribution in [0.3, 0.4) is 0 Å². The van der Waals surface area contributed by atoms with E-state index >= 15 is 0 Å². The molecule has 0 bridgehead atoms. The smallest absolute Gasteiger partial charge is 0.221 e. The molecule has 2 aliphatic heterocycles. The molecule has 3 rings (SSSR count). The number of nitrogens with zero attached hydrogens (tertiary/aromatic N) is 3. The van der Waals surface area contributed by atoms with Gasteiger partial charge < -0.3 is 30.9 Å². The molecule has 2 aliphatic rings. The fourth-order valence-electron chi connectivity index (χ4n) is 4.38. The molecule has 2 unspecified atom stereocenters. The number of hydrogen-bond acceptors (Lipinski definition) is 5. The zero-order chi connectivity index (χ0) is 21.3. The first-order valence-corrected chi connectivity index (χ1v) is 11.0. The Morgan fingerprint density at radius 2 is 2.10 bits per heavy atom. The number of para-hydroxylation sites is 2. The summed E-state index contributed by atoms with van der Waals surface area (Å²) in [4.78, 5) is 20.5. The van der Waals surface area contributed by atoms with Crippen LogP contribution in [0, 0.1) is 5.92 Å². The van der Waals surface area contributed by atoms with Crippen LogP contribution in [0.25, 0.3) is 0 Å². The minimum absolute atomic E-state index is 0.00897. The van der Waals surface area contributed by atoms with Crippen LogP contribution in [0.2, 0.25) is 0 Å². The van der Waals surface area contributed by atoms with Crippen molar-refractivity contribution in [3.05, 3.63) is 24.3 Å². The van der Waals surface area contributed by atoms with Gasteiger partial charge in [0.2, 0.25) is 5.91 Å². The lowest BCUT2D eigenvalue weighted by molar-refractivity contribution is -0.123. The number of aliphatic imine (C=N–C) groups is 1. The van der Waals surface area contributed by atoms with Gasteiger partial charge in [0.05, 0.1) is 18.7 Å². The van der Waals surface area contributed by atoms with Gasteiger partial charge in [0, 0.05) is 39.3 Å². The molecule has 2 atom stereocenters. The third-order valence-corrected chi connectivity index (χ3v) is 6.03. The first-order valence-electron chi connectivity index (χ1n) is 11.0. The van der Waals surface area contributed by atoms with Crippen molar-refractivity contribution in [2.24, 2.45) is 16.6 Å². The van der Waals surface area contributed by atoms with E-state index in [9.17, 15) is 4.79 Å². The van der Waals surface area contributed by atoms with Gasteiger partial charge in [-0.05, 0) is 50.9 Å². The third kappa shape index (κ3) is 6.01. The lowest BCUT2D eigenvalue weighted by Gasteiger charge is -2.31. The monoisotopic (exact) mass is 416 g/mol. The Morgan fingerprint density at radius 3 is 2.87 bits per heavy atom. The molecule has 0 aliphatic carbocycles. The summed E-state index contributed by atoms with van der Waals surface area (Å²) in [5, 5.41) is 6.97. The maximum Gasteiger partial charge on any atom is 0.221 e. The molecule has 30 heavy (non-hydrogen) atoms. The normalized spacial score (nSPS) is 22.7. The molecule has 1 aromatic carbocycles. The highest BCUT2D eigenvalue weighted by molar-refractivity contribution is 5.80. The molecule has 0 spiro atoms. The molecule has 8 nitrogen and oxygen atoms in total. The SMILES string of the molecule is CN=C(NCCCN1CCCC(C(N)=O)C1)NC1CCN(c2ccccc2OC)C1. The van der Waals surface area contributed by atoms with Crippen molar-refractivity contribution in [2.45, 2.75) is 31.7 Å². The number of ether oxygens (including phenoxy) is 1. The molecule has 1 aromatic rings. The van der Waals surface area contributed by atoms with Gasteiger partial charge in [0.25, 0.3) is 0 Å². The minimum Gasteiger partial charge on any atom is -0.495 e. The van der Waals surface area contributed by atoms with Crippen LogP contribution in [0.15, 0.2) is 29.3 Å². The molecule has 2 saturated heterocycles. The van der Waals surface area contributed by atoms with E-state index in [0.29, 0.717) is 6.04 Å². The standard InChI is InChI=1S/C22H36N6O2/c1-24-22(25-11-6-13-27-12-5-7-17(15-27)21(23)29)26-18-10-14-28(16-18)19-8-3-4-9-20(19)30-2/h3-4,8-9,17-18H,5-7,10-16H2,1-2H3,(H2,23,29)(H2,24,25,26). The van der Waals surface area contributed by atoms with Gasteiger partial charge in [-0.15, -0.1) is 0 Å². The second kappa shape index (κ2) is 11.1. The van der Waals surface area contributed by atoms with Crippen molar-refractivity contribution < 1.29 is 9.53 Å². The molecule has 166 valence electrons. The van der Waals surface area contributed by atoms with Crippen LogP contribution < -0.4 is 26.0 Å². The number of nitrogens with one attached hydrogen (secondary N) is 2. The number of primary amides is 1. The Morgan fingerprint density at radius 1 is 1.27 bits per heavy atom. The predicted octanol–water partition coefficient (Wildman–Crippen LogP) is 1.03. The molecule has 1 amide bonds. The molecule has 0 aromatic heterocycles. The lowest BCUT2D eigenvalue weighted by atomic mass is 9.97. The number of piperidine rings is 1. The molecule has 2 fully saturated rings. The van der Waals surface area contributed by atoms with E-state index in [2.05, 4.69) is 31.5 Å². The summed E-state index contributed by atoms with van der Waals surface area (Å²) in [7, 11) is 3.53. The Bertz CT molecular complexity index is 725. The molecule has 0 saturated carbocycles. The Balaban J connectivity index is 1.38. The number of amides is 1. The number of likely N-dealkylation sites (tertiary alicyclic amines) is 1. The van der Waals surface area contributed by atoms with Crippen LogP contribution in [0.5, 0.6) is 5.75 Å². The highest BCUT2D eigenvalue weighted by Gasteiger charge is 2.25. The van der Waals surface area contributed by atoms with Crippen molar-refractivity contribution in [1.82, 2.24) is 15.5 Å². The van der Waals surface area contributed by atoms with Gasteiger partial charge >= 0.3 is 0 Å². The van der Waals surface area contributed by atoms with Crippen LogP contribution in [-0.2, 0) is 4.79 Å². The first-order chi connectivity index (χ1) is 14.6. The van der Waals surface area contributed by atoms with Crippen molar-refractivity contribution in [3.8, 4) is 5.75 Å². The third-order valence-electron chi connectivity index (χ3n) is 6.03. The average Bonchev–Trinajstić information content (AvgIpc) is 3.24. The zero-order valence-corrected chi connectivity index (χ0v) is 18.3. The number of carbonyl (C=O) groups excluding carboxylic acids is 1. The second-order valence-corrected chi connectivity index (χ2v) is 8.14. The highest BCUT2D eigenvalue weighted by atomic mass is 16.5. The largest absolute Gasteiger partial charge is 0.495 e. The van der Waals surface area contributed by atoms with E-state index in [1.54, 1.807) is 7.11 Å². The number of nitrogens with two attached hydrogens (primary N) is 1. The Kier molecular flexibility index (Phi) is 8.19. The van der Waals surface area contributed by atoms with Crippen LogP contribution in [0.1, 0.15) is 25.7 Å². The quantitative estimate of drug-likeness (QED) is 0.333. The van der Waals surface area contributed by atoms with E-state index in [1.165, 1.54) is 0 Å². The van der Waals surface area contributed by atoms with Crippen molar-refractivity contribution in [2.75, 3.05) is 58.3 Å². The van der Waals surface area contributed by atoms with Crippen LogP contribution in [0.4, 0.5) is 5.69 Å². The summed E-state index contributed by atoms with van der Waals surface area (Å²) >= 11 is 0. The van der Waals surface area contributed by atoms with Gasteiger partial charge in [-0.3, -0.25) is 9.79 Å². The van der Waals surface area contributed by atoms with Gasteiger partial charge in [-0.2, -0.15) is 0 Å². The molecular formula is C22H36N6O2. The van der Waals surface area contributed by atoms with Crippen molar-refractivity contribution in [1.29, 1.82) is 0 Å². The summed E-state index contributed by atoms with van der Waals surface area (Å²) in [5.41, 5.74) is 6.61. The summed E-state index contributed by atoms with van der Waals surface area (Å²) in [5.74, 6) is 1.60. The van der Waals surface area contributed by atoms with Gasteiger partial charge in [0.1, 0.15) is 5.75 Å². The maximum absolute atomic E-state index is 11.4. The summed E-state index contributed by atoms with van der Waals surface area (Å²) in [6.45, 7) is 5.58. The minimum atomic E-state index is -0.166.